The van der Waals surface area contributed by atoms with Crippen molar-refractivity contribution in [2.45, 2.75) is 6.54 Å². The number of benzene rings is 2. The van der Waals surface area contributed by atoms with Gasteiger partial charge in [-0.3, -0.25) is 14.6 Å². The van der Waals surface area contributed by atoms with Crippen LogP contribution in [0.2, 0.25) is 0 Å². The number of aromatic nitrogens is 1. The lowest BCUT2D eigenvalue weighted by Gasteiger charge is -2.08. The second kappa shape index (κ2) is 8.92. The highest BCUT2D eigenvalue weighted by molar-refractivity contribution is 6.05. The Morgan fingerprint density at radius 2 is 1.76 bits per heavy atom. The number of hydrogen-bond acceptors (Lipinski definition) is 4. The van der Waals surface area contributed by atoms with Gasteiger partial charge in [0.1, 0.15) is 23.1 Å². The van der Waals surface area contributed by atoms with Gasteiger partial charge in [-0.1, -0.05) is 12.1 Å². The van der Waals surface area contributed by atoms with Crippen molar-refractivity contribution in [2.24, 2.45) is 0 Å². The quantitative estimate of drug-likeness (QED) is 0.667. The smallest absolute Gasteiger partial charge is 0.270 e. The number of carbonyl (C=O) groups is 2. The molecule has 3 aromatic rings. The van der Waals surface area contributed by atoms with Crippen LogP contribution in [0, 0.1) is 11.6 Å². The number of nitrogens with one attached hydrogen (secondary N) is 2. The molecule has 3 rings (SSSR count). The first kappa shape index (κ1) is 19.9. The minimum atomic E-state index is -0.898. The maximum Gasteiger partial charge on any atom is 0.270 e. The van der Waals surface area contributed by atoms with Crippen LogP contribution in [0.3, 0.4) is 0 Å². The number of nitrogens with zero attached hydrogens (tertiary/aromatic N) is 1. The normalized spacial score (nSPS) is 10.3. The molecule has 2 N–H and O–H groups in total. The highest BCUT2D eigenvalue weighted by atomic mass is 19.1. The van der Waals surface area contributed by atoms with Crippen LogP contribution in [0.1, 0.15) is 26.4 Å². The van der Waals surface area contributed by atoms with Gasteiger partial charge in [0, 0.05) is 24.4 Å². The number of hydrogen-bond donors (Lipinski definition) is 2. The number of anilines is 1. The number of rotatable bonds is 6. The van der Waals surface area contributed by atoms with E-state index in [-0.39, 0.29) is 23.5 Å². The first-order valence-corrected chi connectivity index (χ1v) is 8.60. The van der Waals surface area contributed by atoms with Gasteiger partial charge in [-0.05, 0) is 42.0 Å². The van der Waals surface area contributed by atoms with Gasteiger partial charge in [0.05, 0.1) is 12.8 Å². The maximum absolute atomic E-state index is 13.7. The van der Waals surface area contributed by atoms with Gasteiger partial charge in [0.25, 0.3) is 11.8 Å². The summed E-state index contributed by atoms with van der Waals surface area (Å²) in [6.07, 6.45) is 1.30. The van der Waals surface area contributed by atoms with Crippen molar-refractivity contribution in [3.8, 4) is 5.75 Å². The van der Waals surface area contributed by atoms with E-state index in [1.54, 1.807) is 19.2 Å². The molecule has 0 saturated heterocycles. The van der Waals surface area contributed by atoms with E-state index < -0.39 is 23.4 Å². The first-order chi connectivity index (χ1) is 14.0. The molecule has 0 bridgehead atoms. The number of carbonyl (C=O) groups excluding carboxylic acids is 2. The Bertz CT molecular complexity index is 1040. The Morgan fingerprint density at radius 1 is 1.00 bits per heavy atom. The predicted octanol–water partition coefficient (Wildman–Crippen LogP) is 3.55. The van der Waals surface area contributed by atoms with E-state index in [2.05, 4.69) is 15.6 Å². The van der Waals surface area contributed by atoms with Gasteiger partial charge in [-0.15, -0.1) is 0 Å². The summed E-state index contributed by atoms with van der Waals surface area (Å²) < 4.78 is 31.8. The molecule has 0 spiro atoms. The standard InChI is InChI=1S/C21H17F2N3O3/c1-29-16-5-2-13(3-6-16)12-25-21(28)19-10-14(8-9-24-19)20(27)26-18-7-4-15(22)11-17(18)23/h2-11H,12H2,1H3,(H,25,28)(H,26,27). The molecule has 29 heavy (non-hydrogen) atoms. The first-order valence-electron chi connectivity index (χ1n) is 8.60. The van der Waals surface area contributed by atoms with E-state index in [4.69, 9.17) is 4.74 Å². The van der Waals surface area contributed by atoms with Crippen molar-refractivity contribution in [1.29, 1.82) is 0 Å². The molecule has 1 heterocycles. The van der Waals surface area contributed by atoms with Gasteiger partial charge < -0.3 is 15.4 Å². The summed E-state index contributed by atoms with van der Waals surface area (Å²) in [5.74, 6) is -2.06. The number of pyridine rings is 1. The summed E-state index contributed by atoms with van der Waals surface area (Å²) in [7, 11) is 1.57. The molecule has 0 aliphatic heterocycles. The third kappa shape index (κ3) is 5.13. The highest BCUT2D eigenvalue weighted by Crippen LogP contribution is 2.16. The van der Waals surface area contributed by atoms with Crippen LogP contribution in [0.4, 0.5) is 14.5 Å². The Hall–Kier alpha value is -3.81. The van der Waals surface area contributed by atoms with E-state index in [0.717, 1.165) is 17.7 Å². The molecule has 0 atom stereocenters. The summed E-state index contributed by atoms with van der Waals surface area (Å²) in [5, 5.41) is 5.04. The van der Waals surface area contributed by atoms with Crippen molar-refractivity contribution >= 4 is 17.5 Å². The Balaban J connectivity index is 1.65. The lowest BCUT2D eigenvalue weighted by Crippen LogP contribution is -2.24. The van der Waals surface area contributed by atoms with Crippen molar-refractivity contribution in [3.63, 3.8) is 0 Å². The summed E-state index contributed by atoms with van der Waals surface area (Å²) in [6, 6.07) is 12.7. The van der Waals surface area contributed by atoms with Gasteiger partial charge in [0.2, 0.25) is 0 Å². The van der Waals surface area contributed by atoms with E-state index in [0.29, 0.717) is 11.8 Å². The van der Waals surface area contributed by atoms with Crippen LogP contribution in [0.15, 0.2) is 60.8 Å². The molecule has 2 aromatic carbocycles. The zero-order valence-electron chi connectivity index (χ0n) is 15.4. The van der Waals surface area contributed by atoms with E-state index in [1.807, 2.05) is 12.1 Å². The number of halogens is 2. The average molecular weight is 397 g/mol. The number of methoxy groups -OCH3 is 1. The van der Waals surface area contributed by atoms with Crippen LogP contribution in [-0.2, 0) is 6.54 Å². The molecule has 0 aliphatic carbocycles. The predicted molar refractivity (Wildman–Crippen MR) is 103 cm³/mol. The summed E-state index contributed by atoms with van der Waals surface area (Å²) in [6.45, 7) is 0.266. The number of amides is 2. The van der Waals surface area contributed by atoms with Crippen molar-refractivity contribution in [3.05, 3.63) is 89.2 Å². The summed E-state index contributed by atoms with van der Waals surface area (Å²) in [4.78, 5) is 28.6. The van der Waals surface area contributed by atoms with Gasteiger partial charge in [0.15, 0.2) is 0 Å². The molecule has 2 amide bonds. The fourth-order valence-corrected chi connectivity index (χ4v) is 2.50. The minimum Gasteiger partial charge on any atom is -0.497 e. The van der Waals surface area contributed by atoms with Gasteiger partial charge in [-0.2, -0.15) is 0 Å². The summed E-state index contributed by atoms with van der Waals surface area (Å²) >= 11 is 0. The monoisotopic (exact) mass is 397 g/mol. The SMILES string of the molecule is COc1ccc(CNC(=O)c2cc(C(=O)Nc3ccc(F)cc3F)ccn2)cc1. The molecule has 1 aromatic heterocycles. The molecule has 148 valence electrons. The molecule has 8 heteroatoms. The lowest BCUT2D eigenvalue weighted by atomic mass is 10.2. The van der Waals surface area contributed by atoms with Gasteiger partial charge >= 0.3 is 0 Å². The van der Waals surface area contributed by atoms with E-state index in [9.17, 15) is 18.4 Å². The van der Waals surface area contributed by atoms with Crippen LogP contribution in [0.5, 0.6) is 5.75 Å². The molecule has 0 saturated carbocycles. The zero-order chi connectivity index (χ0) is 20.8. The fraction of sp³-hybridized carbons (Fsp3) is 0.0952. The molecule has 0 aliphatic rings. The Kier molecular flexibility index (Phi) is 6.13. The zero-order valence-corrected chi connectivity index (χ0v) is 15.4. The Morgan fingerprint density at radius 3 is 2.45 bits per heavy atom. The third-order valence-electron chi connectivity index (χ3n) is 4.05. The highest BCUT2D eigenvalue weighted by Gasteiger charge is 2.14. The second-order valence-electron chi connectivity index (χ2n) is 6.04. The third-order valence-corrected chi connectivity index (χ3v) is 4.05. The topological polar surface area (TPSA) is 80.3 Å². The van der Waals surface area contributed by atoms with Crippen LogP contribution >= 0.6 is 0 Å². The fourth-order valence-electron chi connectivity index (χ4n) is 2.50. The molecule has 0 unspecified atom stereocenters. The number of ether oxygens (including phenoxy) is 1. The average Bonchev–Trinajstić information content (AvgIpc) is 2.74. The lowest BCUT2D eigenvalue weighted by molar-refractivity contribution is 0.0946. The summed E-state index contributed by atoms with van der Waals surface area (Å²) in [5.41, 5.74) is 0.836. The largest absolute Gasteiger partial charge is 0.497 e. The molecule has 0 radical (unpaired) electrons. The van der Waals surface area contributed by atoms with Crippen molar-refractivity contribution in [1.82, 2.24) is 10.3 Å². The van der Waals surface area contributed by atoms with Crippen molar-refractivity contribution in [2.75, 3.05) is 12.4 Å². The second-order valence-corrected chi connectivity index (χ2v) is 6.04. The molecule has 0 fully saturated rings. The van der Waals surface area contributed by atoms with Crippen LogP contribution < -0.4 is 15.4 Å². The molecular formula is C21H17F2N3O3. The van der Waals surface area contributed by atoms with Crippen LogP contribution in [-0.4, -0.2) is 23.9 Å². The van der Waals surface area contributed by atoms with E-state index >= 15 is 0 Å². The molecular weight excluding hydrogens is 380 g/mol. The van der Waals surface area contributed by atoms with Crippen LogP contribution in [0.25, 0.3) is 0 Å². The van der Waals surface area contributed by atoms with Crippen molar-refractivity contribution < 1.29 is 23.1 Å². The maximum atomic E-state index is 13.7. The van der Waals surface area contributed by atoms with E-state index in [1.165, 1.54) is 18.3 Å². The Labute approximate surface area is 165 Å². The minimum absolute atomic E-state index is 0.0331. The van der Waals surface area contributed by atoms with Gasteiger partial charge in [-0.25, -0.2) is 8.78 Å². The molecule has 6 nitrogen and oxygen atoms in total.